The van der Waals surface area contributed by atoms with Crippen LogP contribution in [0.2, 0.25) is 0 Å². The van der Waals surface area contributed by atoms with Crippen LogP contribution in [0.25, 0.3) is 11.5 Å². The molecule has 0 amide bonds. The van der Waals surface area contributed by atoms with Gasteiger partial charge in [0.1, 0.15) is 5.75 Å². The predicted octanol–water partition coefficient (Wildman–Crippen LogP) is 2.15. The summed E-state index contributed by atoms with van der Waals surface area (Å²) < 4.78 is 10.5. The summed E-state index contributed by atoms with van der Waals surface area (Å²) in [5.41, 5.74) is 0.775. The highest BCUT2D eigenvalue weighted by atomic mass is 16.5. The molecule has 6 nitrogen and oxygen atoms in total. The number of rotatable bonds is 6. The molecule has 0 atom stereocenters. The van der Waals surface area contributed by atoms with E-state index in [0.29, 0.717) is 17.5 Å². The molecule has 1 N–H and O–H groups in total. The topological polar surface area (TPSA) is 85.5 Å². The third-order valence-electron chi connectivity index (χ3n) is 2.39. The highest BCUT2D eigenvalue weighted by Crippen LogP contribution is 2.21. The van der Waals surface area contributed by atoms with Crippen molar-refractivity contribution in [2.45, 2.75) is 19.8 Å². The zero-order valence-corrected chi connectivity index (χ0v) is 10.5. The summed E-state index contributed by atoms with van der Waals surface area (Å²) in [6, 6.07) is 6.84. The summed E-state index contributed by atoms with van der Waals surface area (Å²) in [4.78, 5) is 10.4. The first-order valence-electron chi connectivity index (χ1n) is 5.96. The lowest BCUT2D eigenvalue weighted by atomic mass is 10.2. The summed E-state index contributed by atoms with van der Waals surface area (Å²) in [5, 5.41) is 16.4. The van der Waals surface area contributed by atoms with Gasteiger partial charge >= 0.3 is 5.97 Å². The zero-order valence-electron chi connectivity index (χ0n) is 10.5. The van der Waals surface area contributed by atoms with Crippen molar-refractivity contribution in [1.82, 2.24) is 10.2 Å². The SMILES string of the molecule is CCCc1nnc(-c2ccc(OCC(=O)O)cc2)o1. The predicted molar refractivity (Wildman–Crippen MR) is 66.9 cm³/mol. The van der Waals surface area contributed by atoms with Gasteiger partial charge in [0.15, 0.2) is 6.61 Å². The van der Waals surface area contributed by atoms with E-state index >= 15 is 0 Å². The van der Waals surface area contributed by atoms with Gasteiger partial charge in [-0.1, -0.05) is 6.92 Å². The Labute approximate surface area is 110 Å². The third kappa shape index (κ3) is 3.54. The van der Waals surface area contributed by atoms with E-state index in [2.05, 4.69) is 10.2 Å². The van der Waals surface area contributed by atoms with Crippen molar-refractivity contribution in [1.29, 1.82) is 0 Å². The number of hydrogen-bond acceptors (Lipinski definition) is 5. The van der Waals surface area contributed by atoms with Crippen LogP contribution >= 0.6 is 0 Å². The maximum Gasteiger partial charge on any atom is 0.341 e. The average Bonchev–Trinajstić information content (AvgIpc) is 2.86. The molecule has 2 rings (SSSR count). The van der Waals surface area contributed by atoms with Gasteiger partial charge in [-0.3, -0.25) is 0 Å². The lowest BCUT2D eigenvalue weighted by Crippen LogP contribution is -2.09. The van der Waals surface area contributed by atoms with Crippen molar-refractivity contribution in [3.8, 4) is 17.2 Å². The first-order chi connectivity index (χ1) is 9.19. The minimum atomic E-state index is -1.01. The smallest absolute Gasteiger partial charge is 0.341 e. The fourth-order valence-corrected chi connectivity index (χ4v) is 1.52. The van der Waals surface area contributed by atoms with Crippen molar-refractivity contribution in [3.05, 3.63) is 30.2 Å². The summed E-state index contributed by atoms with van der Waals surface area (Å²) in [7, 11) is 0. The molecule has 0 unspecified atom stereocenters. The number of carboxylic acids is 1. The Balaban J connectivity index is 2.06. The third-order valence-corrected chi connectivity index (χ3v) is 2.39. The summed E-state index contributed by atoms with van der Waals surface area (Å²) >= 11 is 0. The number of aryl methyl sites for hydroxylation is 1. The molecule has 0 aliphatic rings. The molecule has 19 heavy (non-hydrogen) atoms. The van der Waals surface area contributed by atoms with Crippen molar-refractivity contribution in [2.75, 3.05) is 6.61 Å². The fourth-order valence-electron chi connectivity index (χ4n) is 1.52. The van der Waals surface area contributed by atoms with Crippen LogP contribution in [0.1, 0.15) is 19.2 Å². The van der Waals surface area contributed by atoms with E-state index in [9.17, 15) is 4.79 Å². The zero-order chi connectivity index (χ0) is 13.7. The average molecular weight is 262 g/mol. The maximum atomic E-state index is 10.4. The number of carbonyl (C=O) groups is 1. The van der Waals surface area contributed by atoms with Gasteiger partial charge in [0.05, 0.1) is 0 Å². The number of ether oxygens (including phenoxy) is 1. The summed E-state index contributed by atoms with van der Waals surface area (Å²) in [5.74, 6) is 0.543. The summed E-state index contributed by atoms with van der Waals surface area (Å²) in [6.45, 7) is 1.68. The normalized spacial score (nSPS) is 10.4. The maximum absolute atomic E-state index is 10.4. The number of carboxylic acid groups (broad SMARTS) is 1. The van der Waals surface area contributed by atoms with Crippen LogP contribution in [-0.2, 0) is 11.2 Å². The van der Waals surface area contributed by atoms with Crippen LogP contribution in [0.15, 0.2) is 28.7 Å². The van der Waals surface area contributed by atoms with Crippen molar-refractivity contribution >= 4 is 5.97 Å². The van der Waals surface area contributed by atoms with Gasteiger partial charge in [-0.05, 0) is 30.7 Å². The molecule has 0 radical (unpaired) electrons. The molecule has 1 aromatic heterocycles. The van der Waals surface area contributed by atoms with Gasteiger partial charge in [0, 0.05) is 12.0 Å². The summed E-state index contributed by atoms with van der Waals surface area (Å²) in [6.07, 6.45) is 1.70. The molecular formula is C13H14N2O4. The molecule has 100 valence electrons. The Kier molecular flexibility index (Phi) is 4.12. The lowest BCUT2D eigenvalue weighted by molar-refractivity contribution is -0.139. The van der Waals surface area contributed by atoms with E-state index in [1.165, 1.54) is 0 Å². The first-order valence-corrected chi connectivity index (χ1v) is 5.96. The van der Waals surface area contributed by atoms with E-state index in [4.69, 9.17) is 14.3 Å². The fraction of sp³-hybridized carbons (Fsp3) is 0.308. The van der Waals surface area contributed by atoms with Crippen molar-refractivity contribution in [2.24, 2.45) is 0 Å². The Morgan fingerprint density at radius 3 is 2.68 bits per heavy atom. The molecule has 0 fully saturated rings. The van der Waals surface area contributed by atoms with Crippen LogP contribution in [0.4, 0.5) is 0 Å². The van der Waals surface area contributed by atoms with Gasteiger partial charge in [-0.2, -0.15) is 0 Å². The van der Waals surface area contributed by atoms with Crippen molar-refractivity contribution < 1.29 is 19.1 Å². The first kappa shape index (κ1) is 13.1. The van der Waals surface area contributed by atoms with Gasteiger partial charge in [-0.15, -0.1) is 10.2 Å². The molecule has 1 heterocycles. The number of nitrogens with zero attached hydrogens (tertiary/aromatic N) is 2. The number of aliphatic carboxylic acids is 1. The number of hydrogen-bond donors (Lipinski definition) is 1. The van der Waals surface area contributed by atoms with E-state index < -0.39 is 5.97 Å². The van der Waals surface area contributed by atoms with Gasteiger partial charge in [-0.25, -0.2) is 4.79 Å². The molecule has 0 saturated heterocycles. The monoisotopic (exact) mass is 262 g/mol. The van der Waals surface area contributed by atoms with E-state index in [0.717, 1.165) is 18.4 Å². The molecule has 0 saturated carbocycles. The van der Waals surface area contributed by atoms with Crippen molar-refractivity contribution in [3.63, 3.8) is 0 Å². The van der Waals surface area contributed by atoms with E-state index in [1.807, 2.05) is 6.92 Å². The Hall–Kier alpha value is -2.37. The van der Waals surface area contributed by atoms with E-state index in [-0.39, 0.29) is 6.61 Å². The minimum Gasteiger partial charge on any atom is -0.482 e. The van der Waals surface area contributed by atoms with Crippen LogP contribution in [-0.4, -0.2) is 27.9 Å². The molecule has 1 aromatic carbocycles. The molecule has 0 spiro atoms. The molecule has 6 heteroatoms. The molecule has 0 aliphatic heterocycles. The second kappa shape index (κ2) is 5.99. The van der Waals surface area contributed by atoms with Crippen LogP contribution in [0.3, 0.4) is 0 Å². The largest absolute Gasteiger partial charge is 0.482 e. The van der Waals surface area contributed by atoms with Gasteiger partial charge < -0.3 is 14.3 Å². The molecule has 2 aromatic rings. The van der Waals surface area contributed by atoms with E-state index in [1.54, 1.807) is 24.3 Å². The van der Waals surface area contributed by atoms with Gasteiger partial charge in [0.25, 0.3) is 0 Å². The molecular weight excluding hydrogens is 248 g/mol. The highest BCUT2D eigenvalue weighted by Gasteiger charge is 2.08. The quantitative estimate of drug-likeness (QED) is 0.858. The lowest BCUT2D eigenvalue weighted by Gasteiger charge is -2.02. The Bertz CT molecular complexity index is 548. The number of benzene rings is 1. The van der Waals surface area contributed by atoms with Crippen LogP contribution < -0.4 is 4.74 Å². The standard InChI is InChI=1S/C13H14N2O4/c1-2-3-11-14-15-13(19-11)9-4-6-10(7-5-9)18-8-12(16)17/h4-7H,2-3,8H2,1H3,(H,16,17). The van der Waals surface area contributed by atoms with Gasteiger partial charge in [0.2, 0.25) is 11.8 Å². The minimum absolute atomic E-state index is 0.361. The number of aromatic nitrogens is 2. The van der Waals surface area contributed by atoms with Crippen LogP contribution in [0.5, 0.6) is 5.75 Å². The Morgan fingerprint density at radius 1 is 1.32 bits per heavy atom. The van der Waals surface area contributed by atoms with Crippen LogP contribution in [0, 0.1) is 0 Å². The molecule has 0 aliphatic carbocycles. The highest BCUT2D eigenvalue weighted by molar-refractivity contribution is 5.68. The molecule has 0 bridgehead atoms. The second-order valence-electron chi connectivity index (χ2n) is 3.96. The second-order valence-corrected chi connectivity index (χ2v) is 3.96. The Morgan fingerprint density at radius 2 is 2.05 bits per heavy atom.